The number of aromatic nitrogens is 1. The summed E-state index contributed by atoms with van der Waals surface area (Å²) in [5, 5.41) is 4.14. The van der Waals surface area contributed by atoms with Crippen LogP contribution in [0.3, 0.4) is 0 Å². The van der Waals surface area contributed by atoms with Crippen molar-refractivity contribution in [2.75, 3.05) is 0 Å². The standard InChI is InChI=1S/C21H15ClF3N3O2/c22-18-9-2-1-6-15(18)13-28-10-4-8-17(20(28)30)19(29)27-26-12-14-5-3-7-16(11-14)21(23,24)25/h1-12H,13H2,(H,27,29)/b26-12-. The van der Waals surface area contributed by atoms with Crippen molar-refractivity contribution in [2.45, 2.75) is 12.7 Å². The summed E-state index contributed by atoms with van der Waals surface area (Å²) in [4.78, 5) is 24.9. The van der Waals surface area contributed by atoms with Crippen LogP contribution in [0.25, 0.3) is 0 Å². The number of hydrazone groups is 1. The molecule has 0 fully saturated rings. The van der Waals surface area contributed by atoms with Gasteiger partial charge in [-0.15, -0.1) is 0 Å². The first kappa shape index (κ1) is 21.3. The maximum Gasteiger partial charge on any atom is 0.416 e. The summed E-state index contributed by atoms with van der Waals surface area (Å²) < 4.78 is 39.6. The second kappa shape index (κ2) is 8.96. The lowest BCUT2D eigenvalue weighted by molar-refractivity contribution is -0.137. The molecule has 0 spiro atoms. The number of nitrogens with one attached hydrogen (secondary N) is 1. The average Bonchev–Trinajstić information content (AvgIpc) is 2.70. The van der Waals surface area contributed by atoms with Crippen LogP contribution >= 0.6 is 11.6 Å². The van der Waals surface area contributed by atoms with Gasteiger partial charge in [0.1, 0.15) is 5.56 Å². The van der Waals surface area contributed by atoms with Gasteiger partial charge in [-0.1, -0.05) is 41.9 Å². The van der Waals surface area contributed by atoms with Gasteiger partial charge in [0.25, 0.3) is 11.5 Å². The molecule has 0 saturated heterocycles. The first-order chi connectivity index (χ1) is 14.3. The van der Waals surface area contributed by atoms with E-state index in [1.54, 1.807) is 24.3 Å². The molecule has 0 aliphatic carbocycles. The zero-order valence-corrected chi connectivity index (χ0v) is 16.1. The van der Waals surface area contributed by atoms with Crippen LogP contribution in [-0.4, -0.2) is 16.7 Å². The molecule has 0 aliphatic heterocycles. The Morgan fingerprint density at radius 3 is 2.60 bits per heavy atom. The molecule has 1 N–H and O–H groups in total. The molecule has 1 amide bonds. The van der Waals surface area contributed by atoms with Gasteiger partial charge in [-0.25, -0.2) is 5.43 Å². The lowest BCUT2D eigenvalue weighted by Crippen LogP contribution is -2.31. The summed E-state index contributed by atoms with van der Waals surface area (Å²) in [6, 6.07) is 14.3. The van der Waals surface area contributed by atoms with Gasteiger partial charge in [0.15, 0.2) is 0 Å². The Morgan fingerprint density at radius 1 is 1.10 bits per heavy atom. The number of hydrogen-bond acceptors (Lipinski definition) is 3. The molecular weight excluding hydrogens is 419 g/mol. The number of carbonyl (C=O) groups is 1. The Hall–Kier alpha value is -3.39. The second-order valence-electron chi connectivity index (χ2n) is 6.27. The maximum absolute atomic E-state index is 12.7. The Kier molecular flexibility index (Phi) is 6.37. The molecule has 30 heavy (non-hydrogen) atoms. The molecule has 0 unspecified atom stereocenters. The first-order valence-corrected chi connectivity index (χ1v) is 9.07. The molecule has 1 aromatic heterocycles. The monoisotopic (exact) mass is 433 g/mol. The highest BCUT2D eigenvalue weighted by molar-refractivity contribution is 6.31. The van der Waals surface area contributed by atoms with Crippen molar-refractivity contribution in [3.63, 3.8) is 0 Å². The number of carbonyl (C=O) groups excluding carboxylic acids is 1. The summed E-state index contributed by atoms with van der Waals surface area (Å²) in [7, 11) is 0. The van der Waals surface area contributed by atoms with Crippen LogP contribution in [0.2, 0.25) is 5.02 Å². The number of halogens is 4. The van der Waals surface area contributed by atoms with E-state index in [0.29, 0.717) is 10.6 Å². The summed E-state index contributed by atoms with van der Waals surface area (Å²) >= 11 is 6.11. The van der Waals surface area contributed by atoms with Crippen LogP contribution in [0.15, 0.2) is 76.8 Å². The number of rotatable bonds is 5. The number of pyridine rings is 1. The van der Waals surface area contributed by atoms with Crippen molar-refractivity contribution in [1.82, 2.24) is 9.99 Å². The molecule has 5 nitrogen and oxygen atoms in total. The molecule has 1 heterocycles. The molecule has 2 aromatic carbocycles. The van der Waals surface area contributed by atoms with Gasteiger partial charge in [0.05, 0.1) is 18.3 Å². The number of alkyl halides is 3. The van der Waals surface area contributed by atoms with Gasteiger partial charge < -0.3 is 4.57 Å². The molecule has 3 rings (SSSR count). The van der Waals surface area contributed by atoms with Crippen LogP contribution in [0.4, 0.5) is 13.2 Å². The van der Waals surface area contributed by atoms with E-state index in [-0.39, 0.29) is 17.7 Å². The van der Waals surface area contributed by atoms with Crippen LogP contribution in [0, 0.1) is 0 Å². The molecule has 0 aliphatic rings. The van der Waals surface area contributed by atoms with Crippen molar-refractivity contribution in [2.24, 2.45) is 5.10 Å². The van der Waals surface area contributed by atoms with Crippen LogP contribution in [-0.2, 0) is 12.7 Å². The quantitative estimate of drug-likeness (QED) is 0.481. The third-order valence-electron chi connectivity index (χ3n) is 4.16. The minimum atomic E-state index is -4.48. The zero-order chi connectivity index (χ0) is 21.7. The summed E-state index contributed by atoms with van der Waals surface area (Å²) in [6.07, 6.45) is -1.89. The van der Waals surface area contributed by atoms with Gasteiger partial charge in [-0.3, -0.25) is 9.59 Å². The lowest BCUT2D eigenvalue weighted by atomic mass is 10.1. The van der Waals surface area contributed by atoms with Gasteiger partial charge >= 0.3 is 6.18 Å². The predicted octanol–water partition coefficient (Wildman–Crippen LogP) is 4.33. The zero-order valence-electron chi connectivity index (χ0n) is 15.4. The van der Waals surface area contributed by atoms with E-state index in [1.165, 1.54) is 35.0 Å². The van der Waals surface area contributed by atoms with Crippen LogP contribution in [0.5, 0.6) is 0 Å². The maximum atomic E-state index is 12.7. The Balaban J connectivity index is 1.74. The number of amides is 1. The van der Waals surface area contributed by atoms with Gasteiger partial charge in [0, 0.05) is 11.2 Å². The van der Waals surface area contributed by atoms with E-state index in [0.717, 1.165) is 18.3 Å². The summed E-state index contributed by atoms with van der Waals surface area (Å²) in [5.41, 5.74) is 1.47. The van der Waals surface area contributed by atoms with E-state index in [9.17, 15) is 22.8 Å². The second-order valence-corrected chi connectivity index (χ2v) is 6.68. The molecule has 3 aromatic rings. The molecular formula is C21H15ClF3N3O2. The van der Waals surface area contributed by atoms with Gasteiger partial charge in [-0.2, -0.15) is 18.3 Å². The van der Waals surface area contributed by atoms with E-state index < -0.39 is 23.2 Å². The van der Waals surface area contributed by atoms with E-state index >= 15 is 0 Å². The lowest BCUT2D eigenvalue weighted by Gasteiger charge is -2.09. The number of hydrogen-bond donors (Lipinski definition) is 1. The fraction of sp³-hybridized carbons (Fsp3) is 0.0952. The average molecular weight is 434 g/mol. The van der Waals surface area contributed by atoms with Crippen LogP contribution in [0.1, 0.15) is 27.0 Å². The molecule has 9 heteroatoms. The Morgan fingerprint density at radius 2 is 1.87 bits per heavy atom. The minimum Gasteiger partial charge on any atom is -0.310 e. The Labute approximate surface area is 174 Å². The normalized spacial score (nSPS) is 11.6. The van der Waals surface area contributed by atoms with Crippen molar-refractivity contribution >= 4 is 23.7 Å². The SMILES string of the molecule is O=C(N/N=C\c1cccc(C(F)(F)F)c1)c1cccn(Cc2ccccc2Cl)c1=O. The fourth-order valence-corrected chi connectivity index (χ4v) is 2.86. The van der Waals surface area contributed by atoms with Crippen molar-refractivity contribution < 1.29 is 18.0 Å². The highest BCUT2D eigenvalue weighted by Crippen LogP contribution is 2.29. The number of nitrogens with zero attached hydrogens (tertiary/aromatic N) is 2. The van der Waals surface area contributed by atoms with Gasteiger partial charge in [-0.05, 0) is 41.5 Å². The summed E-state index contributed by atoms with van der Waals surface area (Å²) in [5.74, 6) is -0.781. The molecule has 0 radical (unpaired) electrons. The highest BCUT2D eigenvalue weighted by atomic mass is 35.5. The highest BCUT2D eigenvalue weighted by Gasteiger charge is 2.30. The smallest absolute Gasteiger partial charge is 0.310 e. The fourth-order valence-electron chi connectivity index (χ4n) is 2.67. The van der Waals surface area contributed by atoms with E-state index in [1.807, 2.05) is 0 Å². The molecule has 0 atom stereocenters. The van der Waals surface area contributed by atoms with Gasteiger partial charge in [0.2, 0.25) is 0 Å². The van der Waals surface area contributed by atoms with E-state index in [2.05, 4.69) is 10.5 Å². The minimum absolute atomic E-state index is 0.148. The van der Waals surface area contributed by atoms with E-state index in [4.69, 9.17) is 11.6 Å². The van der Waals surface area contributed by atoms with Crippen molar-refractivity contribution in [3.05, 3.63) is 104 Å². The molecule has 0 bridgehead atoms. The third kappa shape index (κ3) is 5.15. The topological polar surface area (TPSA) is 63.5 Å². The largest absolute Gasteiger partial charge is 0.416 e. The van der Waals surface area contributed by atoms with Crippen molar-refractivity contribution in [3.8, 4) is 0 Å². The molecule has 0 saturated carbocycles. The predicted molar refractivity (Wildman–Crippen MR) is 108 cm³/mol. The third-order valence-corrected chi connectivity index (χ3v) is 4.53. The summed E-state index contributed by atoms with van der Waals surface area (Å²) in [6.45, 7) is 0.174. The molecule has 154 valence electrons. The first-order valence-electron chi connectivity index (χ1n) is 8.69. The van der Waals surface area contributed by atoms with Crippen LogP contribution < -0.4 is 11.0 Å². The number of benzene rings is 2. The van der Waals surface area contributed by atoms with Crippen molar-refractivity contribution in [1.29, 1.82) is 0 Å². The Bertz CT molecular complexity index is 1160.